The first-order chi connectivity index (χ1) is 18.8. The molecule has 3 rings (SSSR count). The number of nitrogens with one attached hydrogen (secondary N) is 2. The van der Waals surface area contributed by atoms with E-state index in [1.165, 1.54) is 12.5 Å². The van der Waals surface area contributed by atoms with Crippen LogP contribution >= 0.6 is 0 Å². The largest absolute Gasteiger partial charge is 0.494 e. The van der Waals surface area contributed by atoms with E-state index < -0.39 is 4.92 Å². The lowest BCUT2D eigenvalue weighted by Crippen LogP contribution is -2.22. The number of benzene rings is 2. The Labute approximate surface area is 230 Å². The van der Waals surface area contributed by atoms with Crippen LogP contribution in [0.4, 0.5) is 17.1 Å². The van der Waals surface area contributed by atoms with Gasteiger partial charge in [0.25, 0.3) is 5.69 Å². The average Bonchev–Trinajstić information content (AvgIpc) is 2.94. The summed E-state index contributed by atoms with van der Waals surface area (Å²) in [5, 5.41) is 17.8. The molecule has 0 saturated heterocycles. The second-order valence-corrected chi connectivity index (χ2v) is 9.92. The molecule has 0 heterocycles. The molecule has 2 N–H and O–H groups in total. The Bertz CT molecular complexity index is 1170. The second kappa shape index (κ2) is 14.9. The zero-order valence-corrected chi connectivity index (χ0v) is 23.0. The van der Waals surface area contributed by atoms with Gasteiger partial charge in [0, 0.05) is 23.7 Å². The molecule has 9 nitrogen and oxygen atoms in total. The van der Waals surface area contributed by atoms with Gasteiger partial charge in [-0.15, -0.1) is 0 Å². The zero-order valence-electron chi connectivity index (χ0n) is 23.0. The lowest BCUT2D eigenvalue weighted by molar-refractivity contribution is -0.383. The average molecular weight is 538 g/mol. The molecule has 0 bridgehead atoms. The molecule has 1 amide bonds. The van der Waals surface area contributed by atoms with Gasteiger partial charge in [-0.1, -0.05) is 39.2 Å². The quantitative estimate of drug-likeness (QED) is 0.117. The normalized spacial score (nSPS) is 14.8. The molecule has 1 saturated carbocycles. The Kier molecular flexibility index (Phi) is 11.3. The maximum absolute atomic E-state index is 12.8. The van der Waals surface area contributed by atoms with Crippen molar-refractivity contribution in [3.05, 3.63) is 69.5 Å². The highest BCUT2D eigenvalue weighted by Gasteiger charge is 2.20. The van der Waals surface area contributed by atoms with Crippen molar-refractivity contribution >= 4 is 29.3 Å². The SMILES string of the molecule is C/C=C(/CC(=O)Nc1ccc(NC2CCCCC2)c([N+](=O)[O-])c1)OCc1cc(OCCC)cc(C(C)C=O)c1. The first-order valence-electron chi connectivity index (χ1n) is 13.7. The summed E-state index contributed by atoms with van der Waals surface area (Å²) in [6, 6.07) is 10.6. The van der Waals surface area contributed by atoms with Gasteiger partial charge in [-0.2, -0.15) is 0 Å². The van der Waals surface area contributed by atoms with Crippen LogP contribution in [-0.2, 0) is 20.9 Å². The lowest BCUT2D eigenvalue weighted by atomic mass is 9.95. The van der Waals surface area contributed by atoms with Crippen molar-refractivity contribution in [2.24, 2.45) is 0 Å². The fourth-order valence-electron chi connectivity index (χ4n) is 4.54. The van der Waals surface area contributed by atoms with Gasteiger partial charge < -0.3 is 24.9 Å². The Hall–Kier alpha value is -3.88. The Morgan fingerprint density at radius 3 is 2.62 bits per heavy atom. The minimum atomic E-state index is -0.431. The minimum absolute atomic E-state index is 0.0317. The minimum Gasteiger partial charge on any atom is -0.494 e. The van der Waals surface area contributed by atoms with Crippen LogP contribution in [0.25, 0.3) is 0 Å². The van der Waals surface area contributed by atoms with E-state index in [1.54, 1.807) is 25.1 Å². The summed E-state index contributed by atoms with van der Waals surface area (Å²) in [6.07, 6.45) is 8.85. The first-order valence-corrected chi connectivity index (χ1v) is 13.7. The van der Waals surface area contributed by atoms with E-state index in [4.69, 9.17) is 9.47 Å². The van der Waals surface area contributed by atoms with Crippen LogP contribution in [0.5, 0.6) is 5.75 Å². The molecule has 0 aromatic heterocycles. The van der Waals surface area contributed by atoms with Crippen LogP contribution in [-0.4, -0.2) is 29.8 Å². The molecule has 1 unspecified atom stereocenters. The van der Waals surface area contributed by atoms with E-state index in [0.29, 0.717) is 29.5 Å². The van der Waals surface area contributed by atoms with E-state index in [9.17, 15) is 19.7 Å². The molecule has 2 aromatic rings. The van der Waals surface area contributed by atoms with Gasteiger partial charge in [-0.05, 0) is 67.7 Å². The third-order valence-electron chi connectivity index (χ3n) is 6.72. The maximum atomic E-state index is 12.8. The number of carbonyl (C=O) groups is 2. The van der Waals surface area contributed by atoms with E-state index in [-0.39, 0.29) is 36.6 Å². The van der Waals surface area contributed by atoms with Crippen molar-refractivity contribution in [1.29, 1.82) is 0 Å². The van der Waals surface area contributed by atoms with Crippen LogP contribution in [0.3, 0.4) is 0 Å². The van der Waals surface area contributed by atoms with Crippen LogP contribution in [0, 0.1) is 10.1 Å². The molecular weight excluding hydrogens is 498 g/mol. The van der Waals surface area contributed by atoms with Gasteiger partial charge >= 0.3 is 0 Å². The van der Waals surface area contributed by atoms with Gasteiger partial charge in [-0.25, -0.2) is 0 Å². The molecule has 210 valence electrons. The van der Waals surface area contributed by atoms with Crippen molar-refractivity contribution < 1.29 is 24.0 Å². The Morgan fingerprint density at radius 2 is 1.95 bits per heavy atom. The van der Waals surface area contributed by atoms with Gasteiger partial charge in [0.05, 0.1) is 18.0 Å². The summed E-state index contributed by atoms with van der Waals surface area (Å²) in [5.74, 6) is 0.502. The molecule has 1 aliphatic carbocycles. The molecule has 2 aromatic carbocycles. The van der Waals surface area contributed by atoms with Crippen LogP contribution in [0.1, 0.15) is 82.8 Å². The standard InChI is InChI=1S/C30H39N3O6/c1-4-13-38-27-15-22(14-23(16-27)21(3)19-34)20-39-26(5-2)18-30(35)32-25-11-12-28(29(17-25)33(36)37)31-24-9-7-6-8-10-24/h5,11-12,14-17,19,21,24,31H,4,6-10,13,18,20H2,1-3H3,(H,32,35)/b26-5-. The van der Waals surface area contributed by atoms with Crippen molar-refractivity contribution in [2.75, 3.05) is 17.2 Å². The van der Waals surface area contributed by atoms with Crippen LogP contribution < -0.4 is 15.4 Å². The Morgan fingerprint density at radius 1 is 1.18 bits per heavy atom. The fraction of sp³-hybridized carbons (Fsp3) is 0.467. The molecular formula is C30H39N3O6. The number of rotatable bonds is 14. The van der Waals surface area contributed by atoms with Gasteiger partial charge in [0.15, 0.2) is 0 Å². The van der Waals surface area contributed by atoms with E-state index in [0.717, 1.165) is 49.5 Å². The van der Waals surface area contributed by atoms with Crippen molar-refractivity contribution in [3.63, 3.8) is 0 Å². The monoisotopic (exact) mass is 537 g/mol. The smallest absolute Gasteiger partial charge is 0.294 e. The molecule has 0 aliphatic heterocycles. The first kappa shape index (κ1) is 29.7. The van der Waals surface area contributed by atoms with E-state index in [1.807, 2.05) is 32.0 Å². The highest BCUT2D eigenvalue weighted by molar-refractivity contribution is 5.93. The van der Waals surface area contributed by atoms with Crippen LogP contribution in [0.15, 0.2) is 48.2 Å². The molecule has 0 spiro atoms. The number of anilines is 2. The third kappa shape index (κ3) is 9.12. The molecule has 0 radical (unpaired) electrons. The predicted octanol–water partition coefficient (Wildman–Crippen LogP) is 6.88. The summed E-state index contributed by atoms with van der Waals surface area (Å²) in [6.45, 7) is 6.38. The molecule has 1 fully saturated rings. The number of aldehydes is 1. The van der Waals surface area contributed by atoms with Crippen molar-refractivity contribution in [3.8, 4) is 5.75 Å². The molecule has 1 atom stereocenters. The second-order valence-electron chi connectivity index (χ2n) is 9.92. The third-order valence-corrected chi connectivity index (χ3v) is 6.72. The van der Waals surface area contributed by atoms with Crippen molar-refractivity contribution in [1.82, 2.24) is 0 Å². The number of hydrogen-bond donors (Lipinski definition) is 2. The summed E-state index contributed by atoms with van der Waals surface area (Å²) < 4.78 is 11.7. The lowest BCUT2D eigenvalue weighted by Gasteiger charge is -2.23. The Balaban J connectivity index is 1.62. The molecule has 9 heteroatoms. The van der Waals surface area contributed by atoms with E-state index in [2.05, 4.69) is 10.6 Å². The molecule has 1 aliphatic rings. The van der Waals surface area contributed by atoms with Crippen molar-refractivity contribution in [2.45, 2.75) is 84.3 Å². The highest BCUT2D eigenvalue weighted by atomic mass is 16.6. The zero-order chi connectivity index (χ0) is 28.2. The molecule has 39 heavy (non-hydrogen) atoms. The van der Waals surface area contributed by atoms with Gasteiger partial charge in [0.2, 0.25) is 5.91 Å². The maximum Gasteiger partial charge on any atom is 0.294 e. The highest BCUT2D eigenvalue weighted by Crippen LogP contribution is 2.31. The number of amides is 1. The predicted molar refractivity (Wildman–Crippen MR) is 152 cm³/mol. The fourth-order valence-corrected chi connectivity index (χ4v) is 4.54. The van der Waals surface area contributed by atoms with Gasteiger partial charge in [-0.3, -0.25) is 14.9 Å². The number of allylic oxidation sites excluding steroid dienone is 1. The number of nitro groups is 1. The summed E-state index contributed by atoms with van der Waals surface area (Å²) in [7, 11) is 0. The number of nitro benzene ring substituents is 1. The van der Waals surface area contributed by atoms with Crippen LogP contribution in [0.2, 0.25) is 0 Å². The van der Waals surface area contributed by atoms with Gasteiger partial charge in [0.1, 0.15) is 30.1 Å². The number of hydrogen-bond acceptors (Lipinski definition) is 7. The number of ether oxygens (including phenoxy) is 2. The summed E-state index contributed by atoms with van der Waals surface area (Å²) in [4.78, 5) is 35.4. The van der Waals surface area contributed by atoms with E-state index >= 15 is 0 Å². The number of nitrogens with zero attached hydrogens (tertiary/aromatic N) is 1. The summed E-state index contributed by atoms with van der Waals surface area (Å²) in [5.41, 5.74) is 2.41. The topological polar surface area (TPSA) is 120 Å². The summed E-state index contributed by atoms with van der Waals surface area (Å²) >= 11 is 0. The number of carbonyl (C=O) groups excluding carboxylic acids is 2.